The summed E-state index contributed by atoms with van der Waals surface area (Å²) in [5.41, 5.74) is 5.79. The van der Waals surface area contributed by atoms with Gasteiger partial charge in [0.15, 0.2) is 0 Å². The lowest BCUT2D eigenvalue weighted by molar-refractivity contribution is 0.252. The standard InChI is InChI=1S/C10H12FN3OS/c11-7-1-3-8(4-2-7)14-10(15)13-6-5-9(12)16/h1-4H,5-6H2,(H2,12,16)(H2,13,14,15). The van der Waals surface area contributed by atoms with E-state index in [1.165, 1.54) is 24.3 Å². The van der Waals surface area contributed by atoms with Gasteiger partial charge in [0.2, 0.25) is 0 Å². The molecule has 0 atom stereocenters. The van der Waals surface area contributed by atoms with Gasteiger partial charge in [-0.2, -0.15) is 0 Å². The first-order chi connectivity index (χ1) is 7.58. The molecule has 0 saturated carbocycles. The van der Waals surface area contributed by atoms with Gasteiger partial charge in [0.1, 0.15) is 5.82 Å². The summed E-state index contributed by atoms with van der Waals surface area (Å²) in [6.45, 7) is 0.377. The number of carbonyl (C=O) groups is 1. The second-order valence-electron chi connectivity index (χ2n) is 3.10. The minimum atomic E-state index is -0.372. The number of nitrogens with two attached hydrogens (primary N) is 1. The Morgan fingerprint density at radius 3 is 2.56 bits per heavy atom. The number of hydrogen-bond donors (Lipinski definition) is 3. The van der Waals surface area contributed by atoms with Crippen LogP contribution < -0.4 is 16.4 Å². The van der Waals surface area contributed by atoms with Gasteiger partial charge in [-0.3, -0.25) is 0 Å². The molecule has 16 heavy (non-hydrogen) atoms. The second kappa shape index (κ2) is 6.02. The number of thiocarbonyl (C=S) groups is 1. The largest absolute Gasteiger partial charge is 0.393 e. The molecule has 0 unspecified atom stereocenters. The summed E-state index contributed by atoms with van der Waals surface area (Å²) in [7, 11) is 0. The molecule has 4 nitrogen and oxygen atoms in total. The van der Waals surface area contributed by atoms with Crippen LogP contribution in [0.2, 0.25) is 0 Å². The van der Waals surface area contributed by atoms with Crippen LogP contribution in [-0.2, 0) is 0 Å². The van der Waals surface area contributed by atoms with Crippen molar-refractivity contribution < 1.29 is 9.18 Å². The quantitative estimate of drug-likeness (QED) is 0.702. The van der Waals surface area contributed by atoms with Gasteiger partial charge in [-0.05, 0) is 24.3 Å². The van der Waals surface area contributed by atoms with Gasteiger partial charge in [0, 0.05) is 18.7 Å². The zero-order valence-corrected chi connectivity index (χ0v) is 9.31. The van der Waals surface area contributed by atoms with Gasteiger partial charge >= 0.3 is 6.03 Å². The number of benzene rings is 1. The Morgan fingerprint density at radius 1 is 1.38 bits per heavy atom. The maximum absolute atomic E-state index is 12.6. The predicted octanol–water partition coefficient (Wildman–Crippen LogP) is 1.62. The number of nitrogens with one attached hydrogen (secondary N) is 2. The van der Waals surface area contributed by atoms with Crippen molar-refractivity contribution in [3.63, 3.8) is 0 Å². The van der Waals surface area contributed by atoms with Crippen molar-refractivity contribution in [3.8, 4) is 0 Å². The van der Waals surface area contributed by atoms with E-state index < -0.39 is 0 Å². The molecule has 0 aliphatic heterocycles. The molecule has 4 N–H and O–H groups in total. The third-order valence-corrected chi connectivity index (χ3v) is 1.96. The highest BCUT2D eigenvalue weighted by molar-refractivity contribution is 7.80. The Balaban J connectivity index is 2.34. The van der Waals surface area contributed by atoms with E-state index in [1.54, 1.807) is 0 Å². The van der Waals surface area contributed by atoms with E-state index in [1.807, 2.05) is 0 Å². The van der Waals surface area contributed by atoms with Gasteiger partial charge in [0.05, 0.1) is 4.99 Å². The fourth-order valence-electron chi connectivity index (χ4n) is 1.01. The molecule has 0 radical (unpaired) electrons. The van der Waals surface area contributed by atoms with Crippen molar-refractivity contribution in [1.29, 1.82) is 0 Å². The van der Waals surface area contributed by atoms with Crippen molar-refractivity contribution in [2.24, 2.45) is 5.73 Å². The first-order valence-electron chi connectivity index (χ1n) is 4.66. The molecule has 1 aromatic rings. The molecule has 1 aromatic carbocycles. The third kappa shape index (κ3) is 4.70. The summed E-state index contributed by atoms with van der Waals surface area (Å²) in [6.07, 6.45) is 0.451. The molecule has 0 saturated heterocycles. The van der Waals surface area contributed by atoms with Crippen LogP contribution >= 0.6 is 12.2 Å². The number of rotatable bonds is 4. The minimum Gasteiger partial charge on any atom is -0.393 e. The van der Waals surface area contributed by atoms with E-state index in [-0.39, 0.29) is 11.8 Å². The lowest BCUT2D eigenvalue weighted by atomic mass is 10.3. The summed E-state index contributed by atoms with van der Waals surface area (Å²) >= 11 is 4.66. The zero-order valence-electron chi connectivity index (χ0n) is 8.50. The average molecular weight is 241 g/mol. The van der Waals surface area contributed by atoms with Gasteiger partial charge in [-0.15, -0.1) is 0 Å². The topological polar surface area (TPSA) is 67.1 Å². The van der Waals surface area contributed by atoms with Crippen LogP contribution in [-0.4, -0.2) is 17.6 Å². The molecule has 0 aliphatic rings. The lowest BCUT2D eigenvalue weighted by Crippen LogP contribution is -2.31. The van der Waals surface area contributed by atoms with Gasteiger partial charge in [-0.1, -0.05) is 12.2 Å². The summed E-state index contributed by atoms with van der Waals surface area (Å²) < 4.78 is 12.6. The SMILES string of the molecule is NC(=S)CCNC(=O)Nc1ccc(F)cc1. The summed E-state index contributed by atoms with van der Waals surface area (Å²) in [5.74, 6) is -0.348. The highest BCUT2D eigenvalue weighted by Gasteiger charge is 2.00. The lowest BCUT2D eigenvalue weighted by Gasteiger charge is -2.06. The van der Waals surface area contributed by atoms with Crippen LogP contribution in [0.25, 0.3) is 0 Å². The molecule has 0 aromatic heterocycles. The van der Waals surface area contributed by atoms with Gasteiger partial charge in [0.25, 0.3) is 0 Å². The molecule has 0 bridgehead atoms. The smallest absolute Gasteiger partial charge is 0.319 e. The monoisotopic (exact) mass is 241 g/mol. The highest BCUT2D eigenvalue weighted by Crippen LogP contribution is 2.07. The van der Waals surface area contributed by atoms with E-state index in [0.29, 0.717) is 23.6 Å². The Kier molecular flexibility index (Phi) is 4.65. The first-order valence-corrected chi connectivity index (χ1v) is 5.07. The number of hydrogen-bond acceptors (Lipinski definition) is 2. The van der Waals surface area contributed by atoms with Crippen LogP contribution in [0, 0.1) is 5.82 Å². The second-order valence-corrected chi connectivity index (χ2v) is 3.63. The molecule has 0 heterocycles. The molecule has 0 fully saturated rings. The van der Waals surface area contributed by atoms with E-state index >= 15 is 0 Å². The molecular weight excluding hydrogens is 229 g/mol. The van der Waals surface area contributed by atoms with Crippen LogP contribution in [0.3, 0.4) is 0 Å². The maximum atomic E-state index is 12.6. The van der Waals surface area contributed by atoms with Crippen LogP contribution in [0.4, 0.5) is 14.9 Å². The number of halogens is 1. The number of carbonyl (C=O) groups excluding carboxylic acids is 1. The van der Waals surface area contributed by atoms with Crippen molar-refractivity contribution in [1.82, 2.24) is 5.32 Å². The zero-order chi connectivity index (χ0) is 12.0. The highest BCUT2D eigenvalue weighted by atomic mass is 32.1. The normalized spacial score (nSPS) is 9.56. The molecule has 0 spiro atoms. The molecule has 86 valence electrons. The van der Waals surface area contributed by atoms with Crippen molar-refractivity contribution >= 4 is 28.9 Å². The van der Waals surface area contributed by atoms with E-state index in [9.17, 15) is 9.18 Å². The summed E-state index contributed by atoms with van der Waals surface area (Å²) in [5, 5.41) is 5.11. The maximum Gasteiger partial charge on any atom is 0.319 e. The molecule has 6 heteroatoms. The number of urea groups is 1. The van der Waals surface area contributed by atoms with E-state index in [4.69, 9.17) is 5.73 Å². The van der Waals surface area contributed by atoms with Gasteiger partial charge in [-0.25, -0.2) is 9.18 Å². The number of amides is 2. The Bertz CT molecular complexity index is 380. The molecular formula is C10H12FN3OS. The molecule has 0 aliphatic carbocycles. The predicted molar refractivity (Wildman–Crippen MR) is 64.8 cm³/mol. The third-order valence-electron chi connectivity index (χ3n) is 1.76. The fourth-order valence-corrected chi connectivity index (χ4v) is 1.11. The Hall–Kier alpha value is -1.69. The summed E-state index contributed by atoms with van der Waals surface area (Å²) in [6, 6.07) is 5.11. The first kappa shape index (κ1) is 12.4. The van der Waals surface area contributed by atoms with Gasteiger partial charge < -0.3 is 16.4 Å². The van der Waals surface area contributed by atoms with E-state index in [0.717, 1.165) is 0 Å². The van der Waals surface area contributed by atoms with Crippen molar-refractivity contribution in [3.05, 3.63) is 30.1 Å². The van der Waals surface area contributed by atoms with Crippen molar-refractivity contribution in [2.45, 2.75) is 6.42 Å². The Morgan fingerprint density at radius 2 is 2.00 bits per heavy atom. The van der Waals surface area contributed by atoms with Crippen LogP contribution in [0.5, 0.6) is 0 Å². The molecule has 1 rings (SSSR count). The average Bonchev–Trinajstić information content (AvgIpc) is 2.21. The minimum absolute atomic E-state index is 0.348. The van der Waals surface area contributed by atoms with Crippen molar-refractivity contribution in [2.75, 3.05) is 11.9 Å². The number of anilines is 1. The van der Waals surface area contributed by atoms with Crippen LogP contribution in [0.15, 0.2) is 24.3 Å². The van der Waals surface area contributed by atoms with E-state index in [2.05, 4.69) is 22.9 Å². The molecule has 2 amide bonds. The Labute approximate surface area is 98.0 Å². The fraction of sp³-hybridized carbons (Fsp3) is 0.200. The van der Waals surface area contributed by atoms with Crippen LogP contribution in [0.1, 0.15) is 6.42 Å². The summed E-state index contributed by atoms with van der Waals surface area (Å²) in [4.78, 5) is 11.6.